The lowest BCUT2D eigenvalue weighted by Gasteiger charge is -2.30. The van der Waals surface area contributed by atoms with Crippen LogP contribution in [0.3, 0.4) is 0 Å². The molecule has 1 saturated carbocycles. The molecular weight excluding hydrogens is 316 g/mol. The number of nitrogens with zero attached hydrogens (tertiary/aromatic N) is 1. The van der Waals surface area contributed by atoms with Crippen LogP contribution >= 0.6 is 0 Å². The number of imide groups is 1. The lowest BCUT2D eigenvalue weighted by atomic mass is 9.82. The standard InChI is InChI=1S/C20H26N2O3/c1-3-14(2)15-7-9-16(10-8-15)17(23)13-22-18(24)20(21-19(22)25)11-5-4-6-12-20/h7-10,14H,3-6,11-13H2,1-2H3,(H,21,25). The van der Waals surface area contributed by atoms with Crippen molar-refractivity contribution < 1.29 is 14.4 Å². The number of benzene rings is 1. The van der Waals surface area contributed by atoms with E-state index in [4.69, 9.17) is 0 Å². The zero-order chi connectivity index (χ0) is 18.0. The van der Waals surface area contributed by atoms with Gasteiger partial charge in [0.1, 0.15) is 5.54 Å². The van der Waals surface area contributed by atoms with Gasteiger partial charge in [-0.1, -0.05) is 57.4 Å². The third-order valence-corrected chi connectivity index (χ3v) is 5.67. The van der Waals surface area contributed by atoms with Gasteiger partial charge in [0.25, 0.3) is 5.91 Å². The molecule has 1 heterocycles. The minimum atomic E-state index is -0.768. The molecule has 0 bridgehead atoms. The molecule has 1 spiro atoms. The van der Waals surface area contributed by atoms with E-state index < -0.39 is 11.6 Å². The predicted octanol–water partition coefficient (Wildman–Crippen LogP) is 3.64. The van der Waals surface area contributed by atoms with Crippen molar-refractivity contribution in [1.82, 2.24) is 10.2 Å². The summed E-state index contributed by atoms with van der Waals surface area (Å²) in [5.41, 5.74) is 0.961. The highest BCUT2D eigenvalue weighted by Gasteiger charge is 2.51. The molecule has 1 atom stereocenters. The third-order valence-electron chi connectivity index (χ3n) is 5.67. The fourth-order valence-electron chi connectivity index (χ4n) is 3.78. The number of amides is 3. The van der Waals surface area contributed by atoms with Crippen molar-refractivity contribution in [2.75, 3.05) is 6.54 Å². The van der Waals surface area contributed by atoms with E-state index in [1.807, 2.05) is 12.1 Å². The van der Waals surface area contributed by atoms with E-state index in [0.717, 1.165) is 30.6 Å². The largest absolute Gasteiger partial charge is 0.325 e. The maximum absolute atomic E-state index is 12.7. The number of hydrogen-bond donors (Lipinski definition) is 1. The van der Waals surface area contributed by atoms with Gasteiger partial charge in [0, 0.05) is 5.56 Å². The van der Waals surface area contributed by atoms with Gasteiger partial charge in [0.05, 0.1) is 6.54 Å². The average Bonchev–Trinajstić information content (AvgIpc) is 2.85. The van der Waals surface area contributed by atoms with Crippen LogP contribution in [0.4, 0.5) is 4.79 Å². The van der Waals surface area contributed by atoms with Crippen LogP contribution < -0.4 is 5.32 Å². The first-order chi connectivity index (χ1) is 12.0. The highest BCUT2D eigenvalue weighted by molar-refractivity contribution is 6.11. The Balaban J connectivity index is 1.70. The van der Waals surface area contributed by atoms with E-state index in [0.29, 0.717) is 24.3 Å². The summed E-state index contributed by atoms with van der Waals surface area (Å²) in [7, 11) is 0. The van der Waals surface area contributed by atoms with Crippen molar-refractivity contribution in [3.63, 3.8) is 0 Å². The number of urea groups is 1. The van der Waals surface area contributed by atoms with Crippen molar-refractivity contribution in [1.29, 1.82) is 0 Å². The monoisotopic (exact) mass is 342 g/mol. The Morgan fingerprint density at radius 1 is 1.16 bits per heavy atom. The first-order valence-corrected chi connectivity index (χ1v) is 9.24. The van der Waals surface area contributed by atoms with E-state index in [2.05, 4.69) is 19.2 Å². The third kappa shape index (κ3) is 3.32. The van der Waals surface area contributed by atoms with Crippen LogP contribution in [0.1, 0.15) is 74.2 Å². The Labute approximate surface area is 148 Å². The van der Waals surface area contributed by atoms with Gasteiger partial charge >= 0.3 is 6.03 Å². The first kappa shape index (κ1) is 17.6. The lowest BCUT2D eigenvalue weighted by molar-refractivity contribution is -0.132. The van der Waals surface area contributed by atoms with Crippen molar-refractivity contribution in [2.45, 2.75) is 63.8 Å². The number of ketones is 1. The van der Waals surface area contributed by atoms with E-state index in [-0.39, 0.29) is 18.2 Å². The summed E-state index contributed by atoms with van der Waals surface area (Å²) in [6.45, 7) is 4.09. The Morgan fingerprint density at radius 3 is 2.40 bits per heavy atom. The van der Waals surface area contributed by atoms with Crippen LogP contribution in [0.15, 0.2) is 24.3 Å². The van der Waals surface area contributed by atoms with Crippen molar-refractivity contribution >= 4 is 17.7 Å². The second-order valence-electron chi connectivity index (χ2n) is 7.32. The Kier molecular flexibility index (Phi) is 4.93. The minimum Gasteiger partial charge on any atom is -0.323 e. The summed E-state index contributed by atoms with van der Waals surface area (Å²) >= 11 is 0. The van der Waals surface area contributed by atoms with Crippen LogP contribution in [0, 0.1) is 0 Å². The smallest absolute Gasteiger partial charge is 0.323 e. The number of nitrogens with one attached hydrogen (secondary N) is 1. The Hall–Kier alpha value is -2.17. The fourth-order valence-corrected chi connectivity index (χ4v) is 3.78. The molecule has 1 saturated heterocycles. The van der Waals surface area contributed by atoms with Gasteiger partial charge in [-0.15, -0.1) is 0 Å². The molecule has 1 aromatic rings. The molecule has 2 aliphatic rings. The van der Waals surface area contributed by atoms with E-state index in [1.165, 1.54) is 5.56 Å². The molecule has 2 fully saturated rings. The zero-order valence-corrected chi connectivity index (χ0v) is 15.0. The van der Waals surface area contributed by atoms with Crippen LogP contribution in [0.5, 0.6) is 0 Å². The van der Waals surface area contributed by atoms with Gasteiger partial charge in [0.2, 0.25) is 0 Å². The number of carbonyl (C=O) groups is 3. The van der Waals surface area contributed by atoms with Crippen LogP contribution in [0.2, 0.25) is 0 Å². The maximum atomic E-state index is 12.7. The molecule has 3 amide bonds. The molecule has 3 rings (SSSR count). The molecule has 1 aliphatic carbocycles. The summed E-state index contributed by atoms with van der Waals surface area (Å²) in [5, 5.41) is 2.84. The summed E-state index contributed by atoms with van der Waals surface area (Å²) in [5.74, 6) is 0.00934. The summed E-state index contributed by atoms with van der Waals surface area (Å²) in [4.78, 5) is 38.6. The second kappa shape index (κ2) is 6.98. The molecule has 1 aromatic carbocycles. The lowest BCUT2D eigenvalue weighted by Crippen LogP contribution is -2.48. The average molecular weight is 342 g/mol. The molecule has 5 heteroatoms. The molecule has 1 N–H and O–H groups in total. The molecule has 1 aliphatic heterocycles. The zero-order valence-electron chi connectivity index (χ0n) is 15.0. The first-order valence-electron chi connectivity index (χ1n) is 9.24. The number of hydrogen-bond acceptors (Lipinski definition) is 3. The number of Topliss-reactive ketones (excluding diaryl/α,β-unsaturated/α-hetero) is 1. The molecular formula is C20H26N2O3. The molecule has 25 heavy (non-hydrogen) atoms. The molecule has 0 aromatic heterocycles. The predicted molar refractivity (Wildman–Crippen MR) is 95.5 cm³/mol. The van der Waals surface area contributed by atoms with Crippen LogP contribution in [-0.2, 0) is 4.79 Å². The van der Waals surface area contributed by atoms with Gasteiger partial charge in [0.15, 0.2) is 5.78 Å². The van der Waals surface area contributed by atoms with Gasteiger partial charge in [-0.25, -0.2) is 4.79 Å². The molecule has 1 unspecified atom stereocenters. The number of rotatable bonds is 5. The second-order valence-corrected chi connectivity index (χ2v) is 7.32. The summed E-state index contributed by atoms with van der Waals surface area (Å²) < 4.78 is 0. The Morgan fingerprint density at radius 2 is 1.80 bits per heavy atom. The van der Waals surface area contributed by atoms with Crippen molar-refractivity contribution in [2.24, 2.45) is 0 Å². The van der Waals surface area contributed by atoms with Crippen LogP contribution in [-0.4, -0.2) is 34.7 Å². The van der Waals surface area contributed by atoms with Crippen molar-refractivity contribution in [3.05, 3.63) is 35.4 Å². The number of carbonyl (C=O) groups excluding carboxylic acids is 3. The van der Waals surface area contributed by atoms with E-state index in [9.17, 15) is 14.4 Å². The maximum Gasteiger partial charge on any atom is 0.325 e. The normalized spacial score (nSPS) is 20.6. The van der Waals surface area contributed by atoms with Gasteiger partial charge in [-0.05, 0) is 30.7 Å². The van der Waals surface area contributed by atoms with Gasteiger partial charge in [-0.3, -0.25) is 14.5 Å². The highest BCUT2D eigenvalue weighted by Crippen LogP contribution is 2.33. The highest BCUT2D eigenvalue weighted by atomic mass is 16.2. The Bertz CT molecular complexity index is 675. The van der Waals surface area contributed by atoms with Crippen molar-refractivity contribution in [3.8, 4) is 0 Å². The summed E-state index contributed by atoms with van der Waals surface area (Å²) in [6.07, 6.45) is 5.34. The SMILES string of the molecule is CCC(C)c1ccc(C(=O)CN2C(=O)NC3(CCCCC3)C2=O)cc1. The summed E-state index contributed by atoms with van der Waals surface area (Å²) in [6, 6.07) is 7.06. The topological polar surface area (TPSA) is 66.5 Å². The minimum absolute atomic E-state index is 0.185. The molecule has 0 radical (unpaired) electrons. The van der Waals surface area contributed by atoms with Crippen LogP contribution in [0.25, 0.3) is 0 Å². The van der Waals surface area contributed by atoms with Gasteiger partial charge < -0.3 is 5.32 Å². The van der Waals surface area contributed by atoms with E-state index in [1.54, 1.807) is 12.1 Å². The molecule has 5 nitrogen and oxygen atoms in total. The van der Waals surface area contributed by atoms with E-state index >= 15 is 0 Å². The fraction of sp³-hybridized carbons (Fsp3) is 0.550. The quantitative estimate of drug-likeness (QED) is 0.656. The van der Waals surface area contributed by atoms with Gasteiger partial charge in [-0.2, -0.15) is 0 Å². The molecule has 134 valence electrons.